The summed E-state index contributed by atoms with van der Waals surface area (Å²) in [6.07, 6.45) is 6.37. The molecule has 1 atom stereocenters. The summed E-state index contributed by atoms with van der Waals surface area (Å²) in [5.74, 6) is 0. The third kappa shape index (κ3) is 3.35. The zero-order valence-electron chi connectivity index (χ0n) is 14.2. The van der Waals surface area contributed by atoms with Crippen molar-refractivity contribution < 1.29 is 0 Å². The summed E-state index contributed by atoms with van der Waals surface area (Å²) in [5, 5.41) is 6.15. The lowest BCUT2D eigenvalue weighted by atomic mass is 9.79. The van der Waals surface area contributed by atoms with Crippen LogP contribution in [0.15, 0.2) is 11.4 Å². The molecule has 1 aliphatic rings. The van der Waals surface area contributed by atoms with Crippen LogP contribution in [-0.2, 0) is 0 Å². The van der Waals surface area contributed by atoms with Gasteiger partial charge in [-0.2, -0.15) is 0 Å². The highest BCUT2D eigenvalue weighted by molar-refractivity contribution is 7.10. The monoisotopic (exact) mass is 308 g/mol. The van der Waals surface area contributed by atoms with Crippen LogP contribution in [-0.4, -0.2) is 30.1 Å². The van der Waals surface area contributed by atoms with Crippen LogP contribution < -0.4 is 5.32 Å². The number of likely N-dealkylation sites (tertiary alicyclic amines) is 1. The largest absolute Gasteiger partial charge is 0.308 e. The number of nitrogens with zero attached hydrogens (tertiary/aromatic N) is 1. The standard InChI is InChI=1S/C18H32N2S/c1-5-11-19-17(16-10-14-21-15(16)4)18(6-2,7-3)20-12-8-9-13-20/h10,14,17,19H,5-9,11-13H2,1-4H3. The van der Waals surface area contributed by atoms with Crippen molar-refractivity contribution in [1.82, 2.24) is 10.2 Å². The van der Waals surface area contributed by atoms with E-state index in [9.17, 15) is 0 Å². The van der Waals surface area contributed by atoms with Gasteiger partial charge in [0.15, 0.2) is 0 Å². The summed E-state index contributed by atoms with van der Waals surface area (Å²) < 4.78 is 0. The first kappa shape index (κ1) is 17.0. The molecule has 1 aromatic heterocycles. The second-order valence-corrected chi connectivity index (χ2v) is 7.44. The van der Waals surface area contributed by atoms with Crippen LogP contribution in [0.2, 0.25) is 0 Å². The molecule has 1 aliphatic heterocycles. The molecule has 120 valence electrons. The lowest BCUT2D eigenvalue weighted by molar-refractivity contribution is 0.0616. The van der Waals surface area contributed by atoms with E-state index in [1.165, 1.54) is 55.6 Å². The van der Waals surface area contributed by atoms with E-state index in [0.29, 0.717) is 6.04 Å². The van der Waals surface area contributed by atoms with Gasteiger partial charge in [0.1, 0.15) is 0 Å². The molecule has 0 saturated carbocycles. The molecule has 1 aromatic rings. The number of thiophene rings is 1. The van der Waals surface area contributed by atoms with Gasteiger partial charge in [0.2, 0.25) is 0 Å². The molecule has 1 saturated heterocycles. The average molecular weight is 309 g/mol. The molecule has 2 rings (SSSR count). The number of aryl methyl sites for hydroxylation is 1. The lowest BCUT2D eigenvalue weighted by Crippen LogP contribution is -2.55. The SMILES string of the molecule is CCCNC(c1ccsc1C)C(CC)(CC)N1CCCC1. The van der Waals surface area contributed by atoms with Crippen molar-refractivity contribution in [2.24, 2.45) is 0 Å². The van der Waals surface area contributed by atoms with Gasteiger partial charge in [0.25, 0.3) is 0 Å². The van der Waals surface area contributed by atoms with Crippen molar-refractivity contribution in [2.45, 2.75) is 71.4 Å². The predicted molar refractivity (Wildman–Crippen MR) is 94.2 cm³/mol. The van der Waals surface area contributed by atoms with Gasteiger partial charge in [-0.15, -0.1) is 11.3 Å². The Balaban J connectivity index is 2.36. The minimum atomic E-state index is 0.275. The Morgan fingerprint density at radius 3 is 2.38 bits per heavy atom. The minimum absolute atomic E-state index is 0.275. The molecule has 1 N–H and O–H groups in total. The molecule has 0 radical (unpaired) electrons. The smallest absolute Gasteiger partial charge is 0.0517 e. The van der Waals surface area contributed by atoms with E-state index in [0.717, 1.165) is 6.54 Å². The maximum Gasteiger partial charge on any atom is 0.0517 e. The zero-order valence-corrected chi connectivity index (χ0v) is 15.1. The molecule has 3 heteroatoms. The maximum atomic E-state index is 3.90. The minimum Gasteiger partial charge on any atom is -0.308 e. The van der Waals surface area contributed by atoms with Gasteiger partial charge < -0.3 is 5.32 Å². The Labute approximate surface area is 134 Å². The second-order valence-electron chi connectivity index (χ2n) is 6.32. The van der Waals surface area contributed by atoms with Crippen molar-refractivity contribution >= 4 is 11.3 Å². The topological polar surface area (TPSA) is 15.3 Å². The van der Waals surface area contributed by atoms with Gasteiger partial charge >= 0.3 is 0 Å². The van der Waals surface area contributed by atoms with Gasteiger partial charge in [-0.1, -0.05) is 20.8 Å². The quantitative estimate of drug-likeness (QED) is 0.745. The van der Waals surface area contributed by atoms with E-state index < -0.39 is 0 Å². The van der Waals surface area contributed by atoms with Gasteiger partial charge in [-0.25, -0.2) is 0 Å². The van der Waals surface area contributed by atoms with Gasteiger partial charge in [-0.3, -0.25) is 4.90 Å². The van der Waals surface area contributed by atoms with Crippen LogP contribution in [0.1, 0.15) is 69.4 Å². The van der Waals surface area contributed by atoms with E-state index in [1.54, 1.807) is 0 Å². The summed E-state index contributed by atoms with van der Waals surface area (Å²) in [6, 6.07) is 2.82. The molecule has 1 fully saturated rings. The fraction of sp³-hybridized carbons (Fsp3) is 0.778. The van der Waals surface area contributed by atoms with Crippen LogP contribution >= 0.6 is 11.3 Å². The van der Waals surface area contributed by atoms with Crippen LogP contribution in [0.5, 0.6) is 0 Å². The molecule has 0 bridgehead atoms. The molecule has 21 heavy (non-hydrogen) atoms. The summed E-state index contributed by atoms with van der Waals surface area (Å²) >= 11 is 1.89. The van der Waals surface area contributed by atoms with E-state index >= 15 is 0 Å². The second kappa shape index (κ2) is 7.75. The maximum absolute atomic E-state index is 3.90. The predicted octanol–water partition coefficient (Wildman–Crippen LogP) is 4.75. The van der Waals surface area contributed by atoms with Crippen LogP contribution in [0.4, 0.5) is 0 Å². The summed E-state index contributed by atoms with van der Waals surface area (Å²) in [5.41, 5.74) is 1.81. The third-order valence-corrected chi connectivity index (χ3v) is 6.17. The summed E-state index contributed by atoms with van der Waals surface area (Å²) in [6.45, 7) is 13.0. The summed E-state index contributed by atoms with van der Waals surface area (Å²) in [4.78, 5) is 4.26. The molecule has 0 aliphatic carbocycles. The molecule has 2 nitrogen and oxygen atoms in total. The Bertz CT molecular complexity index is 417. The van der Waals surface area contributed by atoms with Crippen LogP contribution in [0.25, 0.3) is 0 Å². The van der Waals surface area contributed by atoms with E-state index in [2.05, 4.69) is 49.4 Å². The zero-order chi connectivity index (χ0) is 15.3. The lowest BCUT2D eigenvalue weighted by Gasteiger charge is -2.47. The van der Waals surface area contributed by atoms with Crippen LogP contribution in [0.3, 0.4) is 0 Å². The molecule has 0 spiro atoms. The number of rotatable bonds is 8. The molecular formula is C18H32N2S. The van der Waals surface area contributed by atoms with Crippen molar-refractivity contribution in [1.29, 1.82) is 0 Å². The van der Waals surface area contributed by atoms with Crippen LogP contribution in [0, 0.1) is 6.92 Å². The molecule has 0 aromatic carbocycles. The van der Waals surface area contributed by atoms with Gasteiger partial charge in [-0.05, 0) is 75.7 Å². The Morgan fingerprint density at radius 2 is 1.90 bits per heavy atom. The summed E-state index contributed by atoms with van der Waals surface area (Å²) in [7, 11) is 0. The Kier molecular flexibility index (Phi) is 6.27. The number of hydrogen-bond donors (Lipinski definition) is 1. The first-order valence-electron chi connectivity index (χ1n) is 8.72. The highest BCUT2D eigenvalue weighted by Crippen LogP contribution is 2.41. The highest BCUT2D eigenvalue weighted by atomic mass is 32.1. The Hall–Kier alpha value is -0.380. The normalized spacial score (nSPS) is 18.3. The average Bonchev–Trinajstić information content (AvgIpc) is 3.16. The Morgan fingerprint density at radius 1 is 1.24 bits per heavy atom. The first-order chi connectivity index (χ1) is 10.2. The molecule has 0 amide bonds. The van der Waals surface area contributed by atoms with Crippen molar-refractivity contribution in [3.63, 3.8) is 0 Å². The molecular weight excluding hydrogens is 276 g/mol. The molecule has 1 unspecified atom stereocenters. The van der Waals surface area contributed by atoms with Crippen molar-refractivity contribution in [2.75, 3.05) is 19.6 Å². The molecule has 2 heterocycles. The number of hydrogen-bond acceptors (Lipinski definition) is 3. The van der Waals surface area contributed by atoms with E-state index in [4.69, 9.17) is 0 Å². The van der Waals surface area contributed by atoms with E-state index in [-0.39, 0.29) is 5.54 Å². The van der Waals surface area contributed by atoms with E-state index in [1.807, 2.05) is 11.3 Å². The van der Waals surface area contributed by atoms with Crippen molar-refractivity contribution in [3.8, 4) is 0 Å². The fourth-order valence-corrected chi connectivity index (χ4v) is 4.76. The van der Waals surface area contributed by atoms with Gasteiger partial charge in [0.05, 0.1) is 6.04 Å². The first-order valence-corrected chi connectivity index (χ1v) is 9.60. The highest BCUT2D eigenvalue weighted by Gasteiger charge is 2.43. The van der Waals surface area contributed by atoms with Crippen molar-refractivity contribution in [3.05, 3.63) is 21.9 Å². The fourth-order valence-electron chi connectivity index (χ4n) is 4.02. The van der Waals surface area contributed by atoms with Gasteiger partial charge in [0, 0.05) is 10.4 Å². The number of nitrogens with one attached hydrogen (secondary N) is 1. The third-order valence-electron chi connectivity index (χ3n) is 5.31.